The summed E-state index contributed by atoms with van der Waals surface area (Å²) in [5.74, 6) is 13.9. The molecule has 0 spiro atoms. The van der Waals surface area contributed by atoms with Crippen LogP contribution in [0, 0.1) is 35.5 Å². The van der Waals surface area contributed by atoms with Crippen LogP contribution in [-0.2, 0) is 0 Å². The fourth-order valence-corrected chi connectivity index (χ4v) is 4.99. The third kappa shape index (κ3) is 4.03. The van der Waals surface area contributed by atoms with Crippen LogP contribution in [0.15, 0.2) is 95.8 Å². The molecule has 0 atom stereocenters. The molecular formula is C28H18S2. The summed E-state index contributed by atoms with van der Waals surface area (Å²) in [4.78, 5) is 2.24. The van der Waals surface area contributed by atoms with E-state index in [4.69, 9.17) is 0 Å². The molecular weight excluding hydrogens is 400 g/mol. The molecule has 2 aromatic heterocycles. The SMILES string of the molecule is C(#CC1C=CC=C1)c1sccc1-c1ccc(-c2ccsc2C#CC2C=CC=C2)cc1. The third-order valence-corrected chi connectivity index (χ3v) is 6.70. The van der Waals surface area contributed by atoms with E-state index in [1.54, 1.807) is 22.7 Å². The highest BCUT2D eigenvalue weighted by atomic mass is 32.1. The van der Waals surface area contributed by atoms with Gasteiger partial charge in [0.2, 0.25) is 0 Å². The Morgan fingerprint density at radius 2 is 0.933 bits per heavy atom. The second-order valence-electron chi connectivity index (χ2n) is 7.03. The largest absolute Gasteiger partial charge is 0.135 e. The summed E-state index contributed by atoms with van der Waals surface area (Å²) in [6.45, 7) is 0. The van der Waals surface area contributed by atoms with Crippen molar-refractivity contribution < 1.29 is 0 Å². The first-order valence-corrected chi connectivity index (χ1v) is 11.6. The van der Waals surface area contributed by atoms with Gasteiger partial charge in [0.05, 0.1) is 21.6 Å². The number of allylic oxidation sites excluding steroid dienone is 8. The molecule has 2 heterocycles. The van der Waals surface area contributed by atoms with Gasteiger partial charge in [-0.2, -0.15) is 0 Å². The Bertz CT molecular complexity index is 1170. The van der Waals surface area contributed by atoms with Gasteiger partial charge in [-0.25, -0.2) is 0 Å². The molecule has 1 aromatic carbocycles. The summed E-state index contributed by atoms with van der Waals surface area (Å²) in [5, 5.41) is 4.23. The zero-order valence-electron chi connectivity index (χ0n) is 16.2. The molecule has 0 bridgehead atoms. The van der Waals surface area contributed by atoms with E-state index in [9.17, 15) is 0 Å². The van der Waals surface area contributed by atoms with Crippen LogP contribution in [0.5, 0.6) is 0 Å². The van der Waals surface area contributed by atoms with Gasteiger partial charge in [0.25, 0.3) is 0 Å². The molecule has 0 nitrogen and oxygen atoms in total. The van der Waals surface area contributed by atoms with Gasteiger partial charge >= 0.3 is 0 Å². The van der Waals surface area contributed by atoms with E-state index in [2.05, 4.69) is 119 Å². The van der Waals surface area contributed by atoms with Crippen molar-refractivity contribution in [1.82, 2.24) is 0 Å². The lowest BCUT2D eigenvalue weighted by atomic mass is 10.0. The summed E-state index contributed by atoms with van der Waals surface area (Å²) < 4.78 is 0. The van der Waals surface area contributed by atoms with Crippen molar-refractivity contribution in [2.24, 2.45) is 11.8 Å². The highest BCUT2D eigenvalue weighted by molar-refractivity contribution is 7.11. The van der Waals surface area contributed by atoms with E-state index in [1.165, 1.54) is 22.3 Å². The predicted octanol–water partition coefficient (Wildman–Crippen LogP) is 7.33. The average Bonchev–Trinajstić information content (AvgIpc) is 3.58. The Balaban J connectivity index is 1.39. The van der Waals surface area contributed by atoms with Gasteiger partial charge in [-0.1, -0.05) is 96.6 Å². The molecule has 0 amide bonds. The fraction of sp³-hybridized carbons (Fsp3) is 0.0714. The van der Waals surface area contributed by atoms with E-state index in [0.717, 1.165) is 9.75 Å². The van der Waals surface area contributed by atoms with Crippen LogP contribution in [0.3, 0.4) is 0 Å². The first kappa shape index (κ1) is 18.7. The maximum absolute atomic E-state index is 3.37. The van der Waals surface area contributed by atoms with Crippen LogP contribution in [0.2, 0.25) is 0 Å². The summed E-state index contributed by atoms with van der Waals surface area (Å²) in [5.41, 5.74) is 4.81. The van der Waals surface area contributed by atoms with Crippen molar-refractivity contribution in [1.29, 1.82) is 0 Å². The van der Waals surface area contributed by atoms with Crippen LogP contribution in [0.4, 0.5) is 0 Å². The van der Waals surface area contributed by atoms with Gasteiger partial charge in [0, 0.05) is 11.1 Å². The molecule has 0 saturated carbocycles. The van der Waals surface area contributed by atoms with Gasteiger partial charge in [-0.15, -0.1) is 22.7 Å². The number of thiophene rings is 2. The van der Waals surface area contributed by atoms with E-state index < -0.39 is 0 Å². The second kappa shape index (κ2) is 8.60. The van der Waals surface area contributed by atoms with Gasteiger partial charge in [0.15, 0.2) is 0 Å². The maximum atomic E-state index is 3.37. The molecule has 2 aliphatic carbocycles. The van der Waals surface area contributed by atoms with Crippen molar-refractivity contribution in [2.75, 3.05) is 0 Å². The molecule has 2 aliphatic rings. The molecule has 0 aliphatic heterocycles. The average molecular weight is 419 g/mol. The van der Waals surface area contributed by atoms with E-state index in [0.29, 0.717) is 0 Å². The standard InChI is InChI=1S/C28H18S2/c1-2-6-21(5-1)9-15-27-25(17-19-29-27)23-11-13-24(14-12-23)26-18-20-30-28(26)16-10-22-7-3-4-8-22/h1-8,11-14,17-22H. The Morgan fingerprint density at radius 3 is 1.33 bits per heavy atom. The van der Waals surface area contributed by atoms with Crippen molar-refractivity contribution in [3.8, 4) is 45.9 Å². The lowest BCUT2D eigenvalue weighted by Gasteiger charge is -2.04. The normalized spacial score (nSPS) is 14.7. The topological polar surface area (TPSA) is 0 Å². The zero-order valence-corrected chi connectivity index (χ0v) is 17.8. The van der Waals surface area contributed by atoms with E-state index in [1.807, 2.05) is 0 Å². The molecule has 0 fully saturated rings. The van der Waals surface area contributed by atoms with Crippen LogP contribution in [-0.4, -0.2) is 0 Å². The highest BCUT2D eigenvalue weighted by Crippen LogP contribution is 2.32. The number of benzene rings is 1. The van der Waals surface area contributed by atoms with E-state index >= 15 is 0 Å². The molecule has 5 rings (SSSR count). The third-order valence-electron chi connectivity index (χ3n) is 5.04. The lowest BCUT2D eigenvalue weighted by Crippen LogP contribution is -1.84. The first-order chi connectivity index (χ1) is 14.9. The molecule has 2 heteroatoms. The van der Waals surface area contributed by atoms with Crippen molar-refractivity contribution >= 4 is 22.7 Å². The Hall–Kier alpha value is -3.30. The van der Waals surface area contributed by atoms with E-state index in [-0.39, 0.29) is 11.8 Å². The van der Waals surface area contributed by atoms with Crippen LogP contribution in [0.25, 0.3) is 22.3 Å². The first-order valence-electron chi connectivity index (χ1n) is 9.86. The summed E-state index contributed by atoms with van der Waals surface area (Å²) in [7, 11) is 0. The minimum absolute atomic E-state index is 0.232. The van der Waals surface area contributed by atoms with Gasteiger partial charge in [-0.3, -0.25) is 0 Å². The Labute approximate surface area is 185 Å². The maximum Gasteiger partial charge on any atom is 0.0846 e. The van der Waals surface area contributed by atoms with Gasteiger partial charge in [0.1, 0.15) is 0 Å². The number of hydrogen-bond acceptors (Lipinski definition) is 2. The summed E-state index contributed by atoms with van der Waals surface area (Å²) >= 11 is 3.40. The van der Waals surface area contributed by atoms with Crippen LogP contribution >= 0.6 is 22.7 Å². The number of hydrogen-bond donors (Lipinski definition) is 0. The highest BCUT2D eigenvalue weighted by Gasteiger charge is 2.09. The number of rotatable bonds is 2. The fourth-order valence-electron chi connectivity index (χ4n) is 3.45. The summed E-state index contributed by atoms with van der Waals surface area (Å²) in [6, 6.07) is 13.1. The van der Waals surface area contributed by atoms with Crippen molar-refractivity contribution in [2.45, 2.75) is 0 Å². The van der Waals surface area contributed by atoms with Gasteiger partial charge < -0.3 is 0 Å². The van der Waals surface area contributed by atoms with Crippen LogP contribution in [0.1, 0.15) is 9.75 Å². The molecule has 0 radical (unpaired) electrons. The van der Waals surface area contributed by atoms with Crippen molar-refractivity contribution in [3.63, 3.8) is 0 Å². The minimum atomic E-state index is 0.232. The lowest BCUT2D eigenvalue weighted by molar-refractivity contribution is 1.15. The quantitative estimate of drug-likeness (QED) is 0.382. The zero-order chi connectivity index (χ0) is 20.2. The predicted molar refractivity (Wildman–Crippen MR) is 130 cm³/mol. The second-order valence-corrected chi connectivity index (χ2v) is 8.87. The Morgan fingerprint density at radius 1 is 0.533 bits per heavy atom. The van der Waals surface area contributed by atoms with Crippen LogP contribution < -0.4 is 0 Å². The molecule has 3 aromatic rings. The molecule has 0 saturated heterocycles. The van der Waals surface area contributed by atoms with Gasteiger partial charge in [-0.05, 0) is 34.0 Å². The molecule has 142 valence electrons. The Kier molecular flexibility index (Phi) is 5.36. The summed E-state index contributed by atoms with van der Waals surface area (Å²) in [6.07, 6.45) is 16.7. The monoisotopic (exact) mass is 418 g/mol. The minimum Gasteiger partial charge on any atom is -0.135 e. The molecule has 0 unspecified atom stereocenters. The molecule has 30 heavy (non-hydrogen) atoms. The smallest absolute Gasteiger partial charge is 0.0846 e. The molecule has 0 N–H and O–H groups in total. The van der Waals surface area contributed by atoms with Crippen molar-refractivity contribution in [3.05, 3.63) is 106 Å².